The summed E-state index contributed by atoms with van der Waals surface area (Å²) >= 11 is 0. The van der Waals surface area contributed by atoms with Crippen LogP contribution in [0, 0.1) is 0 Å². The normalized spacial score (nSPS) is 12.9. The van der Waals surface area contributed by atoms with Crippen LogP contribution in [0.3, 0.4) is 0 Å². The molecule has 1 heterocycles. The summed E-state index contributed by atoms with van der Waals surface area (Å²) in [6.45, 7) is 2.06. The molecular formula is C21H27N3O6. The van der Waals surface area contributed by atoms with E-state index in [4.69, 9.17) is 10.5 Å². The van der Waals surface area contributed by atoms with Crippen molar-refractivity contribution in [3.8, 4) is 0 Å². The molecule has 0 saturated carbocycles. The molecule has 0 unspecified atom stereocenters. The Kier molecular flexibility index (Phi) is 8.54. The van der Waals surface area contributed by atoms with Crippen LogP contribution in [0.25, 0.3) is 10.9 Å². The number of esters is 1. The second-order valence-corrected chi connectivity index (χ2v) is 7.02. The number of aromatic amines is 1. The number of carbonyl (C=O) groups is 4. The highest BCUT2D eigenvalue weighted by atomic mass is 16.5. The van der Waals surface area contributed by atoms with E-state index in [1.807, 2.05) is 31.2 Å². The van der Waals surface area contributed by atoms with Crippen LogP contribution in [-0.4, -0.2) is 52.4 Å². The maximum absolute atomic E-state index is 12.2. The molecule has 2 rings (SSSR count). The number of hydrogen-bond acceptors (Lipinski definition) is 6. The predicted octanol–water partition coefficient (Wildman–Crippen LogP) is 1.30. The summed E-state index contributed by atoms with van der Waals surface area (Å²) in [7, 11) is 0. The second-order valence-electron chi connectivity index (χ2n) is 7.02. The number of ether oxygens (including phenoxy) is 1. The number of H-pyrrole nitrogens is 1. The van der Waals surface area contributed by atoms with E-state index in [0.717, 1.165) is 22.9 Å². The Bertz CT molecular complexity index is 907. The quantitative estimate of drug-likeness (QED) is 0.231. The van der Waals surface area contributed by atoms with Crippen LogP contribution in [0.4, 0.5) is 0 Å². The first kappa shape index (κ1) is 23.1. The highest BCUT2D eigenvalue weighted by Gasteiger charge is 2.26. The third-order valence-electron chi connectivity index (χ3n) is 4.68. The third kappa shape index (κ3) is 6.41. The van der Waals surface area contributed by atoms with Crippen LogP contribution >= 0.6 is 0 Å². The number of benzene rings is 1. The van der Waals surface area contributed by atoms with Crippen molar-refractivity contribution >= 4 is 34.5 Å². The topological polar surface area (TPSA) is 152 Å². The largest absolute Gasteiger partial charge is 0.480 e. The van der Waals surface area contributed by atoms with E-state index in [1.165, 1.54) is 0 Å². The predicted molar refractivity (Wildman–Crippen MR) is 110 cm³/mol. The average Bonchev–Trinajstić information content (AvgIpc) is 3.14. The van der Waals surface area contributed by atoms with Crippen molar-refractivity contribution in [3.63, 3.8) is 0 Å². The van der Waals surface area contributed by atoms with Crippen molar-refractivity contribution in [1.82, 2.24) is 10.3 Å². The monoisotopic (exact) mass is 417 g/mol. The Hall–Kier alpha value is -3.20. The molecule has 0 radical (unpaired) electrons. The van der Waals surface area contributed by atoms with Crippen molar-refractivity contribution in [2.24, 2.45) is 5.73 Å². The van der Waals surface area contributed by atoms with Gasteiger partial charge in [-0.15, -0.1) is 0 Å². The van der Waals surface area contributed by atoms with Crippen molar-refractivity contribution in [2.75, 3.05) is 6.61 Å². The van der Waals surface area contributed by atoms with Gasteiger partial charge < -0.3 is 25.9 Å². The first-order chi connectivity index (χ1) is 14.3. The summed E-state index contributed by atoms with van der Waals surface area (Å²) in [6.07, 6.45) is 2.99. The fraction of sp³-hybridized carbons (Fsp3) is 0.429. The number of nitrogens with two attached hydrogens (primary N) is 1. The zero-order valence-corrected chi connectivity index (χ0v) is 16.8. The first-order valence-electron chi connectivity index (χ1n) is 9.87. The minimum absolute atomic E-state index is 0.0903. The lowest BCUT2D eigenvalue weighted by atomic mass is 10.0. The molecule has 2 atom stereocenters. The van der Waals surface area contributed by atoms with E-state index in [1.54, 1.807) is 6.20 Å². The Balaban J connectivity index is 1.87. The number of carboxylic acid groups (broad SMARTS) is 1. The number of aromatic nitrogens is 1. The molecule has 1 aromatic carbocycles. The average molecular weight is 417 g/mol. The van der Waals surface area contributed by atoms with Crippen LogP contribution < -0.4 is 11.1 Å². The van der Waals surface area contributed by atoms with E-state index in [-0.39, 0.29) is 25.9 Å². The lowest BCUT2D eigenvalue weighted by Gasteiger charge is -2.15. The number of unbranched alkanes of at least 4 members (excludes halogenated alkanes) is 1. The number of para-hydroxylation sites is 1. The first-order valence-corrected chi connectivity index (χ1v) is 9.87. The summed E-state index contributed by atoms with van der Waals surface area (Å²) in [5.74, 6) is -3.65. The van der Waals surface area contributed by atoms with Crippen LogP contribution in [0.1, 0.15) is 38.2 Å². The number of Topliss-reactive ketones (excluding diaryl/α,β-unsaturated/α-hetero) is 1. The Labute approximate surface area is 174 Å². The number of fused-ring (bicyclic) bond motifs is 1. The molecule has 0 saturated heterocycles. The molecule has 5 N–H and O–H groups in total. The van der Waals surface area contributed by atoms with Crippen LogP contribution in [0.15, 0.2) is 30.5 Å². The minimum atomic E-state index is -1.18. The highest BCUT2D eigenvalue weighted by molar-refractivity contribution is 6.35. The zero-order valence-electron chi connectivity index (χ0n) is 16.8. The lowest BCUT2D eigenvalue weighted by Crippen LogP contribution is -2.43. The standard InChI is InChI=1S/C21H27N3O6/c1-2-3-10-30-21(29)19(26)15(22)8-9-18(25)24-17(20(27)28)11-13-12-23-16-7-5-4-6-14(13)16/h4-7,12,15,17,23H,2-3,8-11,22H2,1H3,(H,24,25)(H,27,28)/t15-,17-/m1/s1. The SMILES string of the molecule is CCCCOC(=O)C(=O)[C@H](N)CCC(=O)N[C@H](Cc1c[nH]c2ccccc12)C(=O)O. The van der Waals surface area contributed by atoms with Crippen molar-refractivity contribution in [1.29, 1.82) is 0 Å². The van der Waals surface area contributed by atoms with E-state index >= 15 is 0 Å². The molecule has 0 aliphatic rings. The molecule has 2 aromatic rings. The van der Waals surface area contributed by atoms with E-state index in [9.17, 15) is 24.3 Å². The molecule has 9 nitrogen and oxygen atoms in total. The highest BCUT2D eigenvalue weighted by Crippen LogP contribution is 2.19. The third-order valence-corrected chi connectivity index (χ3v) is 4.68. The van der Waals surface area contributed by atoms with E-state index in [2.05, 4.69) is 10.3 Å². The Morgan fingerprint density at radius 2 is 1.97 bits per heavy atom. The zero-order chi connectivity index (χ0) is 22.1. The van der Waals surface area contributed by atoms with Gasteiger partial charge in [0.2, 0.25) is 5.91 Å². The molecular weight excluding hydrogens is 390 g/mol. The van der Waals surface area contributed by atoms with Gasteiger partial charge >= 0.3 is 11.9 Å². The van der Waals surface area contributed by atoms with Gasteiger partial charge in [-0.25, -0.2) is 9.59 Å². The Morgan fingerprint density at radius 1 is 1.23 bits per heavy atom. The van der Waals surface area contributed by atoms with Gasteiger partial charge in [0.1, 0.15) is 6.04 Å². The number of hydrogen-bond donors (Lipinski definition) is 4. The number of nitrogens with one attached hydrogen (secondary N) is 2. The number of rotatable bonds is 12. The number of ketones is 1. The maximum Gasteiger partial charge on any atom is 0.376 e. The van der Waals surface area contributed by atoms with Gasteiger partial charge in [0.05, 0.1) is 12.6 Å². The number of amides is 1. The summed E-state index contributed by atoms with van der Waals surface area (Å²) in [5.41, 5.74) is 7.32. The fourth-order valence-electron chi connectivity index (χ4n) is 2.94. The molecule has 9 heteroatoms. The van der Waals surface area contributed by atoms with Gasteiger partial charge in [0, 0.05) is 29.9 Å². The molecule has 1 aromatic heterocycles. The smallest absolute Gasteiger partial charge is 0.376 e. The van der Waals surface area contributed by atoms with E-state index < -0.39 is 35.7 Å². The van der Waals surface area contributed by atoms with Gasteiger partial charge in [0.15, 0.2) is 0 Å². The van der Waals surface area contributed by atoms with Gasteiger partial charge in [0.25, 0.3) is 5.78 Å². The van der Waals surface area contributed by atoms with Crippen LogP contribution in [0.5, 0.6) is 0 Å². The van der Waals surface area contributed by atoms with Gasteiger partial charge in [-0.05, 0) is 24.5 Å². The molecule has 0 aliphatic carbocycles. The summed E-state index contributed by atoms with van der Waals surface area (Å²) in [4.78, 5) is 50.4. The van der Waals surface area contributed by atoms with Gasteiger partial charge in [-0.1, -0.05) is 31.5 Å². The van der Waals surface area contributed by atoms with Gasteiger partial charge in [-0.2, -0.15) is 0 Å². The fourth-order valence-corrected chi connectivity index (χ4v) is 2.94. The molecule has 1 amide bonds. The molecule has 0 bridgehead atoms. The molecule has 0 fully saturated rings. The maximum atomic E-state index is 12.2. The minimum Gasteiger partial charge on any atom is -0.480 e. The molecule has 0 spiro atoms. The molecule has 30 heavy (non-hydrogen) atoms. The van der Waals surface area contributed by atoms with E-state index in [0.29, 0.717) is 6.42 Å². The van der Waals surface area contributed by atoms with Crippen LogP contribution in [-0.2, 0) is 30.3 Å². The molecule has 162 valence electrons. The summed E-state index contributed by atoms with van der Waals surface area (Å²) in [6, 6.07) is 5.14. The number of carbonyl (C=O) groups excluding carboxylic acids is 3. The number of carboxylic acids is 1. The van der Waals surface area contributed by atoms with Gasteiger partial charge in [-0.3, -0.25) is 9.59 Å². The lowest BCUT2D eigenvalue weighted by molar-refractivity contribution is -0.154. The van der Waals surface area contributed by atoms with Crippen molar-refractivity contribution in [3.05, 3.63) is 36.0 Å². The van der Waals surface area contributed by atoms with Crippen LogP contribution in [0.2, 0.25) is 0 Å². The van der Waals surface area contributed by atoms with Crippen molar-refractivity contribution < 1.29 is 29.0 Å². The number of aliphatic carboxylic acids is 1. The van der Waals surface area contributed by atoms with Crippen molar-refractivity contribution in [2.45, 2.75) is 51.1 Å². The molecule has 0 aliphatic heterocycles. The summed E-state index contributed by atoms with van der Waals surface area (Å²) in [5, 5.41) is 12.8. The second kappa shape index (κ2) is 11.1. The summed E-state index contributed by atoms with van der Waals surface area (Å²) < 4.78 is 4.81. The Morgan fingerprint density at radius 3 is 2.67 bits per heavy atom.